The number of carbonyl (C=O) groups is 2. The Balaban J connectivity index is 1.34. The molecule has 0 unspecified atom stereocenters. The fourth-order valence-corrected chi connectivity index (χ4v) is 7.62. The number of halogens is 1. The quantitative estimate of drug-likeness (QED) is 0.0874. The predicted octanol–water partition coefficient (Wildman–Crippen LogP) is 8.90. The maximum Gasteiger partial charge on any atom is 0.340 e. The molecule has 0 aliphatic carbocycles. The van der Waals surface area contributed by atoms with Crippen LogP contribution in [0, 0.1) is 5.41 Å². The maximum atomic E-state index is 13.9. The van der Waals surface area contributed by atoms with Crippen molar-refractivity contribution in [2.75, 3.05) is 29.4 Å². The zero-order valence-electron chi connectivity index (χ0n) is 31.0. The van der Waals surface area contributed by atoms with Crippen LogP contribution in [0.15, 0.2) is 53.2 Å². The first-order valence-electron chi connectivity index (χ1n) is 18.0. The van der Waals surface area contributed by atoms with Crippen molar-refractivity contribution in [3.05, 3.63) is 76.3 Å². The van der Waals surface area contributed by atoms with Crippen LogP contribution in [0.25, 0.3) is 33.2 Å². The van der Waals surface area contributed by atoms with Crippen molar-refractivity contribution in [1.82, 2.24) is 15.0 Å². The molecule has 52 heavy (non-hydrogen) atoms. The Hall–Kier alpha value is -4.54. The van der Waals surface area contributed by atoms with Gasteiger partial charge in [-0.3, -0.25) is 4.79 Å². The van der Waals surface area contributed by atoms with Gasteiger partial charge in [-0.1, -0.05) is 55.8 Å². The highest BCUT2D eigenvalue weighted by molar-refractivity contribution is 6.31. The monoisotopic (exact) mass is 723 g/mol. The first-order valence-corrected chi connectivity index (χ1v) is 18.4. The van der Waals surface area contributed by atoms with E-state index in [1.165, 1.54) is 0 Å². The highest BCUT2D eigenvalue weighted by Gasteiger charge is 2.39. The van der Waals surface area contributed by atoms with E-state index in [9.17, 15) is 9.59 Å². The molecular weight excluding hydrogens is 678 g/mol. The van der Waals surface area contributed by atoms with E-state index in [2.05, 4.69) is 50.7 Å². The smallest absolute Gasteiger partial charge is 0.340 e. The van der Waals surface area contributed by atoms with Crippen LogP contribution < -0.4 is 9.80 Å². The lowest BCUT2D eigenvalue weighted by atomic mass is 9.82. The molecule has 0 spiro atoms. The van der Waals surface area contributed by atoms with Crippen LogP contribution in [0.1, 0.15) is 94.6 Å². The van der Waals surface area contributed by atoms with Crippen LogP contribution in [0.5, 0.6) is 0 Å². The van der Waals surface area contributed by atoms with Crippen molar-refractivity contribution in [3.8, 4) is 11.1 Å². The third kappa shape index (κ3) is 6.98. The Kier molecular flexibility index (Phi) is 9.50. The first kappa shape index (κ1) is 35.8. The third-order valence-corrected chi connectivity index (χ3v) is 10.3. The summed E-state index contributed by atoms with van der Waals surface area (Å²) < 4.78 is 18.5. The minimum absolute atomic E-state index is 0.0518. The summed E-state index contributed by atoms with van der Waals surface area (Å²) in [7, 11) is 0. The van der Waals surface area contributed by atoms with Crippen molar-refractivity contribution in [2.45, 2.75) is 92.1 Å². The van der Waals surface area contributed by atoms with Crippen molar-refractivity contribution in [3.63, 3.8) is 0 Å². The zero-order chi connectivity index (χ0) is 36.9. The highest BCUT2D eigenvalue weighted by Crippen LogP contribution is 2.47. The van der Waals surface area contributed by atoms with Crippen LogP contribution >= 0.6 is 11.6 Å². The summed E-state index contributed by atoms with van der Waals surface area (Å²) in [5, 5.41) is 1.02. The summed E-state index contributed by atoms with van der Waals surface area (Å²) >= 11 is 7.00. The zero-order valence-corrected chi connectivity index (χ0v) is 31.7. The molecule has 5 heterocycles. The number of ether oxygens (including phenoxy) is 2. The van der Waals surface area contributed by atoms with Gasteiger partial charge in [-0.2, -0.15) is 0 Å². The number of furan rings is 1. The van der Waals surface area contributed by atoms with Gasteiger partial charge in [0.1, 0.15) is 28.3 Å². The van der Waals surface area contributed by atoms with Gasteiger partial charge in [0.15, 0.2) is 23.8 Å². The van der Waals surface area contributed by atoms with Gasteiger partial charge < -0.3 is 23.7 Å². The molecule has 0 bridgehead atoms. The van der Waals surface area contributed by atoms with E-state index < -0.39 is 17.7 Å². The second kappa shape index (κ2) is 13.8. The summed E-state index contributed by atoms with van der Waals surface area (Å²) in [4.78, 5) is 45.0. The molecule has 2 aromatic carbocycles. The van der Waals surface area contributed by atoms with Crippen LogP contribution in [0.4, 0.5) is 11.5 Å². The van der Waals surface area contributed by atoms with Crippen molar-refractivity contribution < 1.29 is 23.5 Å². The molecule has 3 aromatic heterocycles. The van der Waals surface area contributed by atoms with E-state index in [0.29, 0.717) is 48.6 Å². The Morgan fingerprint density at radius 1 is 1.02 bits per heavy atom. The normalized spacial score (nSPS) is 16.7. The number of pyridine rings is 1. The number of esters is 1. The molecule has 2 aliphatic heterocycles. The predicted molar refractivity (Wildman–Crippen MR) is 204 cm³/mol. The van der Waals surface area contributed by atoms with Gasteiger partial charge in [0.05, 0.1) is 23.0 Å². The topological polar surface area (TPSA) is 111 Å². The summed E-state index contributed by atoms with van der Waals surface area (Å²) in [6, 6.07) is 14.2. The summed E-state index contributed by atoms with van der Waals surface area (Å²) in [5.41, 5.74) is 6.78. The minimum atomic E-state index is -1.17. The van der Waals surface area contributed by atoms with Crippen molar-refractivity contribution in [1.29, 1.82) is 0 Å². The SMILES string of the molecule is CC(C)OC(=O)[C@@H](OC(C)(C)C)c1c(Cl)nc(C=O)c(-c2ccc3c(c2)CCN(c2ncnc4c2oc2ccccc24)C3)c1N1CCC(C)(C)CC1. The average molecular weight is 724 g/mol. The van der Waals surface area contributed by atoms with Crippen molar-refractivity contribution >= 4 is 57.4 Å². The molecule has 0 saturated carbocycles. The Bertz CT molecular complexity index is 2160. The number of nitrogens with zero attached hydrogens (tertiary/aromatic N) is 5. The van der Waals surface area contributed by atoms with Crippen LogP contribution in [-0.2, 0) is 27.2 Å². The molecule has 0 radical (unpaired) electrons. The number of aromatic nitrogens is 3. The summed E-state index contributed by atoms with van der Waals surface area (Å²) in [6.07, 6.45) is 3.40. The van der Waals surface area contributed by atoms with Gasteiger partial charge in [-0.25, -0.2) is 19.7 Å². The molecule has 272 valence electrons. The van der Waals surface area contributed by atoms with Gasteiger partial charge in [0, 0.05) is 37.1 Å². The van der Waals surface area contributed by atoms with E-state index in [0.717, 1.165) is 64.5 Å². The van der Waals surface area contributed by atoms with E-state index in [1.807, 2.05) is 51.1 Å². The number of para-hydroxylation sites is 1. The van der Waals surface area contributed by atoms with Crippen LogP contribution in [0.2, 0.25) is 5.15 Å². The lowest BCUT2D eigenvalue weighted by Gasteiger charge is -2.41. The lowest BCUT2D eigenvalue weighted by Crippen LogP contribution is -2.39. The van der Waals surface area contributed by atoms with Gasteiger partial charge in [-0.05, 0) is 88.1 Å². The fourth-order valence-electron chi connectivity index (χ4n) is 7.34. The van der Waals surface area contributed by atoms with Crippen LogP contribution in [0.3, 0.4) is 0 Å². The van der Waals surface area contributed by atoms with Gasteiger partial charge >= 0.3 is 5.97 Å². The summed E-state index contributed by atoms with van der Waals surface area (Å²) in [5.74, 6) is 0.213. The number of hydrogen-bond acceptors (Lipinski definition) is 10. The number of rotatable bonds is 8. The number of aldehydes is 1. The van der Waals surface area contributed by atoms with Gasteiger partial charge in [-0.15, -0.1) is 0 Å². The number of benzene rings is 2. The molecule has 11 heteroatoms. The maximum absolute atomic E-state index is 13.9. The Morgan fingerprint density at radius 2 is 1.77 bits per heavy atom. The molecule has 7 rings (SSSR count). The second-order valence-electron chi connectivity index (χ2n) is 15.9. The number of piperidine rings is 1. The first-order chi connectivity index (χ1) is 24.7. The Morgan fingerprint density at radius 3 is 2.48 bits per heavy atom. The molecule has 0 N–H and O–H groups in total. The molecular formula is C41H46ClN5O5. The standard InChI is InChI=1S/C41H46ClN5O5/c1-24(2)50-39(49)35(52-40(3,4)5)32-34(46-18-15-41(6,7)16-19-46)31(29(22-48)45-37(32)42)26-12-13-27-21-47(17-14-25(27)20-26)38-36-33(43-23-44-38)28-10-8-9-11-30(28)51-36/h8-13,20,22-24,35H,14-19,21H2,1-7H3/t35-/m0/s1. The number of anilines is 2. The number of carbonyl (C=O) groups excluding carboxylic acids is 2. The molecule has 5 aromatic rings. The Labute approximate surface area is 309 Å². The van der Waals surface area contributed by atoms with E-state index in [-0.39, 0.29) is 22.4 Å². The molecule has 1 saturated heterocycles. The average Bonchev–Trinajstić information content (AvgIpc) is 3.48. The van der Waals surface area contributed by atoms with Gasteiger partial charge in [0.25, 0.3) is 0 Å². The van der Waals surface area contributed by atoms with Crippen LogP contribution in [-0.4, -0.2) is 58.5 Å². The molecule has 2 aliphatic rings. The number of fused-ring (bicyclic) bond motifs is 4. The second-order valence-corrected chi connectivity index (χ2v) is 16.3. The molecule has 1 fully saturated rings. The third-order valence-electron chi connectivity index (χ3n) is 9.98. The lowest BCUT2D eigenvalue weighted by molar-refractivity contribution is -0.171. The molecule has 1 atom stereocenters. The van der Waals surface area contributed by atoms with Gasteiger partial charge in [0.2, 0.25) is 0 Å². The number of hydrogen-bond donors (Lipinski definition) is 0. The van der Waals surface area contributed by atoms with E-state index >= 15 is 0 Å². The fraction of sp³-hybridized carbons (Fsp3) is 0.439. The summed E-state index contributed by atoms with van der Waals surface area (Å²) in [6.45, 7) is 16.6. The van der Waals surface area contributed by atoms with Crippen molar-refractivity contribution in [2.24, 2.45) is 5.41 Å². The minimum Gasteiger partial charge on any atom is -0.461 e. The largest absolute Gasteiger partial charge is 0.461 e. The van der Waals surface area contributed by atoms with E-state index in [4.69, 9.17) is 25.5 Å². The molecule has 0 amide bonds. The van der Waals surface area contributed by atoms with E-state index in [1.54, 1.807) is 20.2 Å². The molecule has 10 nitrogen and oxygen atoms in total. The highest BCUT2D eigenvalue weighted by atomic mass is 35.5.